The third kappa shape index (κ3) is 4.75. The van der Waals surface area contributed by atoms with E-state index in [0.29, 0.717) is 13.1 Å². The summed E-state index contributed by atoms with van der Waals surface area (Å²) in [5.74, 6) is 0. The van der Waals surface area contributed by atoms with Crippen molar-refractivity contribution in [1.82, 2.24) is 10.6 Å². The fourth-order valence-electron chi connectivity index (χ4n) is 1.60. The molecule has 0 spiro atoms. The summed E-state index contributed by atoms with van der Waals surface area (Å²) in [4.78, 5) is 11.6. The molecule has 0 aliphatic rings. The highest BCUT2D eigenvalue weighted by atomic mass is 16.2. The van der Waals surface area contributed by atoms with Gasteiger partial charge in [-0.05, 0) is 18.4 Å². The second-order valence-corrected chi connectivity index (χ2v) is 4.59. The van der Waals surface area contributed by atoms with Crippen molar-refractivity contribution >= 4 is 6.03 Å². The molecule has 0 radical (unpaired) electrons. The van der Waals surface area contributed by atoms with Crippen molar-refractivity contribution in [3.05, 3.63) is 35.9 Å². The van der Waals surface area contributed by atoms with Crippen molar-refractivity contribution in [2.45, 2.75) is 38.8 Å². The smallest absolute Gasteiger partial charge is 0.315 e. The number of nitrogens with two attached hydrogens (primary N) is 1. The Kier molecular flexibility index (Phi) is 5.65. The first-order valence-electron chi connectivity index (χ1n) is 6.44. The molecule has 2 amide bonds. The molecule has 1 aromatic carbocycles. The average Bonchev–Trinajstić information content (AvgIpc) is 2.43. The Labute approximate surface area is 109 Å². The topological polar surface area (TPSA) is 67.1 Å². The molecule has 100 valence electrons. The Morgan fingerprint density at radius 3 is 2.33 bits per heavy atom. The summed E-state index contributed by atoms with van der Waals surface area (Å²) in [6.45, 7) is 5.10. The van der Waals surface area contributed by atoms with E-state index >= 15 is 0 Å². The molecule has 4 heteroatoms. The van der Waals surface area contributed by atoms with Crippen LogP contribution in [0.5, 0.6) is 0 Å². The van der Waals surface area contributed by atoms with Gasteiger partial charge in [0, 0.05) is 18.6 Å². The van der Waals surface area contributed by atoms with Gasteiger partial charge in [0.05, 0.1) is 0 Å². The average molecular weight is 249 g/mol. The van der Waals surface area contributed by atoms with E-state index in [1.54, 1.807) is 0 Å². The molecule has 0 atom stereocenters. The lowest BCUT2D eigenvalue weighted by Crippen LogP contribution is -2.51. The molecule has 0 unspecified atom stereocenters. The summed E-state index contributed by atoms with van der Waals surface area (Å²) in [5.41, 5.74) is 6.89. The molecule has 0 saturated heterocycles. The van der Waals surface area contributed by atoms with Crippen LogP contribution in [0, 0.1) is 0 Å². The summed E-state index contributed by atoms with van der Waals surface area (Å²) < 4.78 is 0. The minimum absolute atomic E-state index is 0.171. The Bertz CT molecular complexity index is 361. The van der Waals surface area contributed by atoms with Crippen molar-refractivity contribution in [1.29, 1.82) is 0 Å². The van der Waals surface area contributed by atoms with Crippen molar-refractivity contribution in [3.63, 3.8) is 0 Å². The van der Waals surface area contributed by atoms with Crippen molar-refractivity contribution in [3.8, 4) is 0 Å². The molecule has 4 N–H and O–H groups in total. The molecule has 4 nitrogen and oxygen atoms in total. The molecule has 1 aromatic rings. The molecule has 0 aromatic heterocycles. The van der Waals surface area contributed by atoms with Crippen LogP contribution < -0.4 is 16.4 Å². The van der Waals surface area contributed by atoms with Crippen LogP contribution in [0.25, 0.3) is 0 Å². The number of benzene rings is 1. The highest BCUT2D eigenvalue weighted by Crippen LogP contribution is 2.09. The van der Waals surface area contributed by atoms with Gasteiger partial charge in [0.25, 0.3) is 0 Å². The number of hydrogen-bond acceptors (Lipinski definition) is 2. The highest BCUT2D eigenvalue weighted by Gasteiger charge is 2.20. The fraction of sp³-hybridized carbons (Fsp3) is 0.500. The lowest BCUT2D eigenvalue weighted by Gasteiger charge is -2.26. The molecule has 0 bridgehead atoms. The maximum atomic E-state index is 11.6. The van der Waals surface area contributed by atoms with Gasteiger partial charge >= 0.3 is 6.03 Å². The number of carbonyl (C=O) groups is 1. The van der Waals surface area contributed by atoms with Crippen LogP contribution in [0.2, 0.25) is 0 Å². The first kappa shape index (κ1) is 14.5. The van der Waals surface area contributed by atoms with E-state index in [4.69, 9.17) is 5.73 Å². The van der Waals surface area contributed by atoms with Gasteiger partial charge in [0.1, 0.15) is 0 Å². The van der Waals surface area contributed by atoms with E-state index in [1.807, 2.05) is 44.2 Å². The van der Waals surface area contributed by atoms with E-state index in [-0.39, 0.29) is 11.6 Å². The summed E-state index contributed by atoms with van der Waals surface area (Å²) in [6.07, 6.45) is 1.70. The summed E-state index contributed by atoms with van der Waals surface area (Å²) >= 11 is 0. The summed E-state index contributed by atoms with van der Waals surface area (Å²) in [5, 5.41) is 5.63. The minimum Gasteiger partial charge on any atom is -0.336 e. The molecule has 0 aliphatic carbocycles. The van der Waals surface area contributed by atoms with Gasteiger partial charge in [-0.2, -0.15) is 0 Å². The predicted molar refractivity (Wildman–Crippen MR) is 74.2 cm³/mol. The lowest BCUT2D eigenvalue weighted by atomic mass is 9.94. The van der Waals surface area contributed by atoms with E-state index in [9.17, 15) is 4.79 Å². The standard InChI is InChI=1S/C14H23N3O/c1-3-14(15,4-2)11-17-13(18)16-10-12-8-6-5-7-9-12/h5-9H,3-4,10-11,15H2,1-2H3,(H2,16,17,18). The van der Waals surface area contributed by atoms with E-state index in [1.165, 1.54) is 0 Å². The van der Waals surface area contributed by atoms with Gasteiger partial charge in [0.15, 0.2) is 0 Å². The SMILES string of the molecule is CCC(N)(CC)CNC(=O)NCc1ccccc1. The molecule has 0 heterocycles. The van der Waals surface area contributed by atoms with E-state index in [2.05, 4.69) is 10.6 Å². The monoisotopic (exact) mass is 249 g/mol. The lowest BCUT2D eigenvalue weighted by molar-refractivity contribution is 0.236. The van der Waals surface area contributed by atoms with E-state index in [0.717, 1.165) is 18.4 Å². The Hall–Kier alpha value is -1.55. The highest BCUT2D eigenvalue weighted by molar-refractivity contribution is 5.73. The molecule has 0 saturated carbocycles. The van der Waals surface area contributed by atoms with Gasteiger partial charge in [-0.15, -0.1) is 0 Å². The zero-order chi connectivity index (χ0) is 13.4. The van der Waals surface area contributed by atoms with E-state index < -0.39 is 0 Å². The Balaban J connectivity index is 2.30. The van der Waals surface area contributed by atoms with Gasteiger partial charge < -0.3 is 16.4 Å². The predicted octanol–water partition coefficient (Wildman–Crippen LogP) is 2.00. The number of carbonyl (C=O) groups excluding carboxylic acids is 1. The molecule has 0 fully saturated rings. The summed E-state index contributed by atoms with van der Waals surface area (Å²) in [6, 6.07) is 9.64. The molecule has 1 rings (SSSR count). The van der Waals surface area contributed by atoms with Gasteiger partial charge in [-0.3, -0.25) is 0 Å². The van der Waals surface area contributed by atoms with Crippen LogP contribution >= 0.6 is 0 Å². The third-order valence-electron chi connectivity index (χ3n) is 3.31. The Morgan fingerprint density at radius 2 is 1.78 bits per heavy atom. The Morgan fingerprint density at radius 1 is 1.17 bits per heavy atom. The fourth-order valence-corrected chi connectivity index (χ4v) is 1.60. The van der Waals surface area contributed by atoms with Crippen LogP contribution in [0.1, 0.15) is 32.3 Å². The van der Waals surface area contributed by atoms with Crippen molar-refractivity contribution in [2.24, 2.45) is 5.73 Å². The van der Waals surface area contributed by atoms with Gasteiger partial charge in [-0.1, -0.05) is 44.2 Å². The van der Waals surface area contributed by atoms with Gasteiger partial charge in [0.2, 0.25) is 0 Å². The second kappa shape index (κ2) is 7.01. The van der Waals surface area contributed by atoms with Crippen LogP contribution in [0.15, 0.2) is 30.3 Å². The zero-order valence-corrected chi connectivity index (χ0v) is 11.2. The quantitative estimate of drug-likeness (QED) is 0.722. The number of rotatable bonds is 6. The zero-order valence-electron chi connectivity index (χ0n) is 11.2. The second-order valence-electron chi connectivity index (χ2n) is 4.59. The van der Waals surface area contributed by atoms with Crippen LogP contribution in [-0.4, -0.2) is 18.1 Å². The summed E-state index contributed by atoms with van der Waals surface area (Å²) in [7, 11) is 0. The number of nitrogens with one attached hydrogen (secondary N) is 2. The number of hydrogen-bond donors (Lipinski definition) is 3. The minimum atomic E-state index is -0.302. The first-order valence-corrected chi connectivity index (χ1v) is 6.44. The third-order valence-corrected chi connectivity index (χ3v) is 3.31. The van der Waals surface area contributed by atoms with Gasteiger partial charge in [-0.25, -0.2) is 4.79 Å². The normalized spacial score (nSPS) is 11.1. The maximum Gasteiger partial charge on any atom is 0.315 e. The van der Waals surface area contributed by atoms with Crippen LogP contribution in [0.3, 0.4) is 0 Å². The first-order chi connectivity index (χ1) is 8.59. The van der Waals surface area contributed by atoms with Crippen LogP contribution in [0.4, 0.5) is 4.79 Å². The molecule has 18 heavy (non-hydrogen) atoms. The maximum absolute atomic E-state index is 11.6. The number of amides is 2. The molecule has 0 aliphatic heterocycles. The van der Waals surface area contributed by atoms with Crippen molar-refractivity contribution < 1.29 is 4.79 Å². The number of urea groups is 1. The molecular weight excluding hydrogens is 226 g/mol. The van der Waals surface area contributed by atoms with Crippen LogP contribution in [-0.2, 0) is 6.54 Å². The molecular formula is C14H23N3O. The largest absolute Gasteiger partial charge is 0.336 e. The van der Waals surface area contributed by atoms with Crippen molar-refractivity contribution in [2.75, 3.05) is 6.54 Å².